The number of hydrogen-bond acceptors (Lipinski definition) is 2. The monoisotopic (exact) mass is 287 g/mol. The highest BCUT2D eigenvalue weighted by Crippen LogP contribution is 2.22. The smallest absolute Gasteiger partial charge is 0.251 e. The zero-order chi connectivity index (χ0) is 15.5. The summed E-state index contributed by atoms with van der Waals surface area (Å²) in [5.41, 5.74) is 2.91. The van der Waals surface area contributed by atoms with E-state index in [1.165, 1.54) is 5.56 Å². The SMILES string of the molecule is Cn1cnc(CCNC(=O)c2cccc(C(C)(C)C)c2)c1.[HH]. The molecule has 1 N–H and O–H groups in total. The Labute approximate surface area is 127 Å². The molecule has 0 saturated carbocycles. The fourth-order valence-corrected chi connectivity index (χ4v) is 2.13. The molecular formula is C17H25N3O. The lowest BCUT2D eigenvalue weighted by atomic mass is 9.86. The molecule has 1 aromatic heterocycles. The molecular weight excluding hydrogens is 262 g/mol. The van der Waals surface area contributed by atoms with Gasteiger partial charge >= 0.3 is 0 Å². The van der Waals surface area contributed by atoms with Crippen LogP contribution in [0.5, 0.6) is 0 Å². The number of hydrogen-bond donors (Lipinski definition) is 1. The van der Waals surface area contributed by atoms with Crippen LogP contribution in [0.15, 0.2) is 36.8 Å². The molecule has 0 bridgehead atoms. The first-order valence-electron chi connectivity index (χ1n) is 7.22. The quantitative estimate of drug-likeness (QED) is 0.940. The molecule has 0 atom stereocenters. The van der Waals surface area contributed by atoms with E-state index in [1.54, 1.807) is 6.33 Å². The van der Waals surface area contributed by atoms with E-state index >= 15 is 0 Å². The van der Waals surface area contributed by atoms with Crippen molar-refractivity contribution in [2.45, 2.75) is 32.6 Å². The molecule has 0 saturated heterocycles. The second kappa shape index (κ2) is 6.12. The van der Waals surface area contributed by atoms with Crippen LogP contribution in [0.25, 0.3) is 0 Å². The lowest BCUT2D eigenvalue weighted by Gasteiger charge is -2.19. The van der Waals surface area contributed by atoms with Gasteiger partial charge in [0.05, 0.1) is 12.0 Å². The van der Waals surface area contributed by atoms with Crippen molar-refractivity contribution in [2.75, 3.05) is 6.54 Å². The number of carbonyl (C=O) groups is 1. The number of aromatic nitrogens is 2. The molecule has 1 heterocycles. The Hall–Kier alpha value is -2.10. The lowest BCUT2D eigenvalue weighted by Crippen LogP contribution is -2.26. The highest BCUT2D eigenvalue weighted by Gasteiger charge is 2.15. The topological polar surface area (TPSA) is 46.9 Å². The molecule has 0 unspecified atom stereocenters. The number of nitrogens with one attached hydrogen (secondary N) is 1. The van der Waals surface area contributed by atoms with Crippen LogP contribution in [0.1, 0.15) is 43.8 Å². The van der Waals surface area contributed by atoms with Gasteiger partial charge in [0.15, 0.2) is 0 Å². The van der Waals surface area contributed by atoms with Crippen LogP contribution in [-0.2, 0) is 18.9 Å². The first kappa shape index (κ1) is 15.3. The summed E-state index contributed by atoms with van der Waals surface area (Å²) in [5.74, 6) is -0.0305. The maximum absolute atomic E-state index is 12.2. The summed E-state index contributed by atoms with van der Waals surface area (Å²) in [6.07, 6.45) is 4.47. The average Bonchev–Trinajstić information content (AvgIpc) is 2.83. The summed E-state index contributed by atoms with van der Waals surface area (Å²) >= 11 is 0. The average molecular weight is 287 g/mol. The van der Waals surface area contributed by atoms with Crippen molar-refractivity contribution in [1.82, 2.24) is 14.9 Å². The number of nitrogens with zero attached hydrogens (tertiary/aromatic N) is 2. The van der Waals surface area contributed by atoms with Gasteiger partial charge in [-0.1, -0.05) is 32.9 Å². The molecule has 114 valence electrons. The molecule has 1 aromatic carbocycles. The third kappa shape index (κ3) is 4.18. The van der Waals surface area contributed by atoms with Gasteiger partial charge in [-0.05, 0) is 23.1 Å². The minimum Gasteiger partial charge on any atom is -0.352 e. The molecule has 0 spiro atoms. The number of carbonyl (C=O) groups excluding carboxylic acids is 1. The van der Waals surface area contributed by atoms with E-state index in [2.05, 4.69) is 37.1 Å². The van der Waals surface area contributed by atoms with Gasteiger partial charge in [-0.2, -0.15) is 0 Å². The van der Waals surface area contributed by atoms with Crippen LogP contribution in [0.2, 0.25) is 0 Å². The van der Waals surface area contributed by atoms with E-state index in [9.17, 15) is 4.79 Å². The second-order valence-electron chi connectivity index (χ2n) is 6.37. The predicted molar refractivity (Wildman–Crippen MR) is 86.5 cm³/mol. The Morgan fingerprint density at radius 3 is 2.76 bits per heavy atom. The van der Waals surface area contributed by atoms with Gasteiger partial charge in [-0.15, -0.1) is 0 Å². The summed E-state index contributed by atoms with van der Waals surface area (Å²) in [4.78, 5) is 16.4. The standard InChI is InChI=1S/C17H23N3O.H2/c1-17(2,3)14-7-5-6-13(10-14)16(21)18-9-8-15-11-20(4)12-19-15;/h5-7,10-12H,8-9H2,1-4H3,(H,18,21);1H. The highest BCUT2D eigenvalue weighted by atomic mass is 16.1. The van der Waals surface area contributed by atoms with Gasteiger partial charge < -0.3 is 9.88 Å². The van der Waals surface area contributed by atoms with Crippen molar-refractivity contribution in [2.24, 2.45) is 7.05 Å². The van der Waals surface area contributed by atoms with E-state index in [1.807, 2.05) is 36.0 Å². The van der Waals surface area contributed by atoms with Gasteiger partial charge in [0, 0.05) is 33.2 Å². The molecule has 1 amide bonds. The van der Waals surface area contributed by atoms with Crippen molar-refractivity contribution in [3.8, 4) is 0 Å². The fraction of sp³-hybridized carbons (Fsp3) is 0.412. The molecule has 2 aromatic rings. The van der Waals surface area contributed by atoms with Crippen LogP contribution >= 0.6 is 0 Å². The van der Waals surface area contributed by atoms with Crippen molar-refractivity contribution in [3.63, 3.8) is 0 Å². The zero-order valence-corrected chi connectivity index (χ0v) is 13.2. The number of benzene rings is 1. The van der Waals surface area contributed by atoms with Crippen molar-refractivity contribution in [1.29, 1.82) is 0 Å². The Morgan fingerprint density at radius 1 is 1.38 bits per heavy atom. The molecule has 4 nitrogen and oxygen atoms in total. The van der Waals surface area contributed by atoms with Gasteiger partial charge in [0.2, 0.25) is 0 Å². The lowest BCUT2D eigenvalue weighted by molar-refractivity contribution is 0.0954. The van der Waals surface area contributed by atoms with Crippen molar-refractivity contribution in [3.05, 3.63) is 53.6 Å². The van der Waals surface area contributed by atoms with Crippen molar-refractivity contribution >= 4 is 5.91 Å². The van der Waals surface area contributed by atoms with Crippen LogP contribution in [-0.4, -0.2) is 22.0 Å². The Morgan fingerprint density at radius 2 is 2.14 bits per heavy atom. The summed E-state index contributed by atoms with van der Waals surface area (Å²) in [6.45, 7) is 7.02. The van der Waals surface area contributed by atoms with E-state index in [0.29, 0.717) is 12.1 Å². The second-order valence-corrected chi connectivity index (χ2v) is 6.37. The first-order valence-corrected chi connectivity index (χ1v) is 7.22. The Bertz CT molecular complexity index is 629. The third-order valence-electron chi connectivity index (χ3n) is 3.42. The Balaban J connectivity index is 0.00000242. The molecule has 0 aliphatic heterocycles. The Kier molecular flexibility index (Phi) is 4.46. The fourth-order valence-electron chi connectivity index (χ4n) is 2.13. The summed E-state index contributed by atoms with van der Waals surface area (Å²) in [5, 5.41) is 2.95. The number of rotatable bonds is 4. The van der Waals surface area contributed by atoms with E-state index < -0.39 is 0 Å². The third-order valence-corrected chi connectivity index (χ3v) is 3.42. The number of imidazole rings is 1. The van der Waals surface area contributed by atoms with Gasteiger partial charge in [0.1, 0.15) is 0 Å². The molecule has 21 heavy (non-hydrogen) atoms. The maximum atomic E-state index is 12.2. The van der Waals surface area contributed by atoms with Crippen LogP contribution < -0.4 is 5.32 Å². The zero-order valence-electron chi connectivity index (χ0n) is 13.2. The molecule has 0 aliphatic carbocycles. The summed E-state index contributed by atoms with van der Waals surface area (Å²) < 4.78 is 1.91. The van der Waals surface area contributed by atoms with E-state index in [-0.39, 0.29) is 12.7 Å². The van der Waals surface area contributed by atoms with Crippen LogP contribution in [0.4, 0.5) is 0 Å². The molecule has 0 aliphatic rings. The maximum Gasteiger partial charge on any atom is 0.251 e. The van der Waals surface area contributed by atoms with Gasteiger partial charge in [-0.25, -0.2) is 4.98 Å². The summed E-state index contributed by atoms with van der Waals surface area (Å²) in [6, 6.07) is 7.82. The normalized spacial score (nSPS) is 11.4. The largest absolute Gasteiger partial charge is 0.352 e. The molecule has 2 rings (SSSR count). The van der Waals surface area contributed by atoms with E-state index in [4.69, 9.17) is 0 Å². The minimum atomic E-state index is -0.0305. The number of amides is 1. The highest BCUT2D eigenvalue weighted by molar-refractivity contribution is 5.94. The molecule has 0 radical (unpaired) electrons. The predicted octanol–water partition coefficient (Wildman–Crippen LogP) is 2.94. The van der Waals surface area contributed by atoms with Crippen molar-refractivity contribution < 1.29 is 6.22 Å². The number of aryl methyl sites for hydroxylation is 1. The van der Waals surface area contributed by atoms with Crippen LogP contribution in [0, 0.1) is 0 Å². The molecule has 4 heteroatoms. The minimum absolute atomic E-state index is 0. The first-order chi connectivity index (χ1) is 9.86. The van der Waals surface area contributed by atoms with Gasteiger partial charge in [-0.3, -0.25) is 4.79 Å². The molecule has 0 fully saturated rings. The van der Waals surface area contributed by atoms with Gasteiger partial charge in [0.25, 0.3) is 5.91 Å². The van der Waals surface area contributed by atoms with Crippen LogP contribution in [0.3, 0.4) is 0 Å². The summed E-state index contributed by atoms with van der Waals surface area (Å²) in [7, 11) is 1.94. The van der Waals surface area contributed by atoms with E-state index in [0.717, 1.165) is 12.1 Å².